The number of methoxy groups -OCH3 is 2. The molecule has 0 aliphatic rings. The third-order valence-corrected chi connectivity index (χ3v) is 3.94. The van der Waals surface area contributed by atoms with Crippen LogP contribution < -0.4 is 14.8 Å². The number of nitrogens with one attached hydrogen (secondary N) is 1. The maximum Gasteiger partial charge on any atom is 0.255 e. The molecular weight excluding hydrogens is 349 g/mol. The van der Waals surface area contributed by atoms with Crippen LogP contribution in [0.3, 0.4) is 0 Å². The van der Waals surface area contributed by atoms with E-state index in [2.05, 4.69) is 5.32 Å². The maximum atomic E-state index is 12.3. The van der Waals surface area contributed by atoms with E-state index in [1.54, 1.807) is 24.3 Å². The predicted octanol–water partition coefficient (Wildman–Crippen LogP) is 4.92. The molecule has 4 nitrogen and oxygen atoms in total. The summed E-state index contributed by atoms with van der Waals surface area (Å²) in [6.45, 7) is 0. The van der Waals surface area contributed by atoms with Crippen LogP contribution >= 0.6 is 34.8 Å². The highest BCUT2D eigenvalue weighted by Crippen LogP contribution is 2.36. The number of halogens is 3. The van der Waals surface area contributed by atoms with Crippen LogP contribution in [-0.4, -0.2) is 20.1 Å². The Hall–Kier alpha value is -1.62. The molecule has 1 amide bonds. The Balaban J connectivity index is 2.31. The molecule has 0 atom stereocenters. The van der Waals surface area contributed by atoms with Crippen molar-refractivity contribution in [2.45, 2.75) is 0 Å². The van der Waals surface area contributed by atoms with E-state index in [0.29, 0.717) is 37.8 Å². The number of hydrogen-bond acceptors (Lipinski definition) is 3. The molecular formula is C15H12Cl3NO3. The van der Waals surface area contributed by atoms with Crippen molar-refractivity contribution in [3.05, 3.63) is 51.0 Å². The highest BCUT2D eigenvalue weighted by Gasteiger charge is 2.14. The first-order valence-electron chi connectivity index (χ1n) is 6.14. The summed E-state index contributed by atoms with van der Waals surface area (Å²) in [5.41, 5.74) is 0.785. The van der Waals surface area contributed by atoms with Gasteiger partial charge in [0.15, 0.2) is 0 Å². The van der Waals surface area contributed by atoms with E-state index in [1.807, 2.05) is 0 Å². The zero-order chi connectivity index (χ0) is 16.3. The van der Waals surface area contributed by atoms with Crippen LogP contribution in [0.1, 0.15) is 10.4 Å². The van der Waals surface area contributed by atoms with Gasteiger partial charge in [0.1, 0.15) is 11.5 Å². The third-order valence-electron chi connectivity index (χ3n) is 2.90. The van der Waals surface area contributed by atoms with Gasteiger partial charge in [-0.2, -0.15) is 0 Å². The molecule has 0 bridgehead atoms. The molecule has 0 aliphatic heterocycles. The van der Waals surface area contributed by atoms with Gasteiger partial charge in [-0.3, -0.25) is 4.79 Å². The SMILES string of the molecule is COc1cc(OC)c(NC(=O)c2ccc(Cl)c(Cl)c2)cc1Cl. The molecule has 0 aromatic heterocycles. The molecule has 1 N–H and O–H groups in total. The summed E-state index contributed by atoms with van der Waals surface area (Å²) in [6, 6.07) is 7.75. The average molecular weight is 361 g/mol. The normalized spacial score (nSPS) is 10.2. The standard InChI is InChI=1S/C15H12Cl3NO3/c1-21-13-7-14(22-2)12(6-11(13)18)19-15(20)8-3-4-9(16)10(17)5-8/h3-7H,1-2H3,(H,19,20). The molecule has 0 unspecified atom stereocenters. The minimum atomic E-state index is -0.363. The molecule has 2 aromatic carbocycles. The molecule has 0 radical (unpaired) electrons. The molecule has 0 saturated heterocycles. The van der Waals surface area contributed by atoms with Crippen LogP contribution in [0.4, 0.5) is 5.69 Å². The zero-order valence-electron chi connectivity index (χ0n) is 11.7. The lowest BCUT2D eigenvalue weighted by molar-refractivity contribution is 0.102. The van der Waals surface area contributed by atoms with Crippen LogP contribution in [0.25, 0.3) is 0 Å². The van der Waals surface area contributed by atoms with E-state index in [4.69, 9.17) is 44.3 Å². The van der Waals surface area contributed by atoms with Gasteiger partial charge in [-0.15, -0.1) is 0 Å². The maximum absolute atomic E-state index is 12.3. The molecule has 0 spiro atoms. The Labute approximate surface area is 142 Å². The Bertz CT molecular complexity index is 719. The minimum absolute atomic E-state index is 0.300. The van der Waals surface area contributed by atoms with Gasteiger partial charge in [0.2, 0.25) is 0 Å². The lowest BCUT2D eigenvalue weighted by atomic mass is 10.2. The average Bonchev–Trinajstić information content (AvgIpc) is 2.50. The minimum Gasteiger partial charge on any atom is -0.495 e. The molecule has 7 heteroatoms. The fourth-order valence-electron chi connectivity index (χ4n) is 1.79. The summed E-state index contributed by atoms with van der Waals surface area (Å²) in [7, 11) is 2.98. The van der Waals surface area contributed by atoms with Gasteiger partial charge in [-0.05, 0) is 24.3 Å². The van der Waals surface area contributed by atoms with Crippen molar-refractivity contribution in [3.63, 3.8) is 0 Å². The second kappa shape index (κ2) is 7.09. The molecule has 0 fully saturated rings. The predicted molar refractivity (Wildman–Crippen MR) is 89.0 cm³/mol. The van der Waals surface area contributed by atoms with Crippen LogP contribution in [0.15, 0.2) is 30.3 Å². The Kier molecular flexibility index (Phi) is 5.40. The first-order valence-corrected chi connectivity index (χ1v) is 7.27. The highest BCUT2D eigenvalue weighted by atomic mass is 35.5. The van der Waals surface area contributed by atoms with Gasteiger partial charge in [-0.25, -0.2) is 0 Å². The van der Waals surface area contributed by atoms with E-state index in [1.165, 1.54) is 20.3 Å². The Morgan fingerprint density at radius 1 is 0.909 bits per heavy atom. The van der Waals surface area contributed by atoms with Gasteiger partial charge in [0.25, 0.3) is 5.91 Å². The van der Waals surface area contributed by atoms with Crippen molar-refractivity contribution < 1.29 is 14.3 Å². The molecule has 2 rings (SSSR count). The van der Waals surface area contributed by atoms with Gasteiger partial charge in [0.05, 0.1) is 35.0 Å². The second-order valence-electron chi connectivity index (χ2n) is 4.27. The first kappa shape index (κ1) is 16.7. The lowest BCUT2D eigenvalue weighted by Crippen LogP contribution is -2.12. The summed E-state index contributed by atoms with van der Waals surface area (Å²) in [6.07, 6.45) is 0. The van der Waals surface area contributed by atoms with Crippen molar-refractivity contribution in [2.75, 3.05) is 19.5 Å². The van der Waals surface area contributed by atoms with Crippen LogP contribution in [-0.2, 0) is 0 Å². The molecule has 116 valence electrons. The number of benzene rings is 2. The molecule has 22 heavy (non-hydrogen) atoms. The van der Waals surface area contributed by atoms with E-state index in [0.717, 1.165) is 0 Å². The number of ether oxygens (including phenoxy) is 2. The number of amides is 1. The lowest BCUT2D eigenvalue weighted by Gasteiger charge is -2.13. The topological polar surface area (TPSA) is 47.6 Å². The van der Waals surface area contributed by atoms with Gasteiger partial charge >= 0.3 is 0 Å². The van der Waals surface area contributed by atoms with Crippen molar-refractivity contribution >= 4 is 46.4 Å². The number of carbonyl (C=O) groups excluding carboxylic acids is 1. The Morgan fingerprint density at radius 3 is 2.18 bits per heavy atom. The number of rotatable bonds is 4. The van der Waals surface area contributed by atoms with Gasteiger partial charge in [0, 0.05) is 11.6 Å². The summed E-state index contributed by atoms with van der Waals surface area (Å²) >= 11 is 17.8. The summed E-state index contributed by atoms with van der Waals surface area (Å²) < 4.78 is 10.3. The molecule has 0 heterocycles. The number of carbonyl (C=O) groups is 1. The second-order valence-corrected chi connectivity index (χ2v) is 5.49. The summed E-state index contributed by atoms with van der Waals surface area (Å²) in [5.74, 6) is 0.513. The largest absolute Gasteiger partial charge is 0.495 e. The van der Waals surface area contributed by atoms with E-state index < -0.39 is 0 Å². The van der Waals surface area contributed by atoms with Gasteiger partial charge in [-0.1, -0.05) is 34.8 Å². The van der Waals surface area contributed by atoms with Crippen molar-refractivity contribution in [1.82, 2.24) is 0 Å². The smallest absolute Gasteiger partial charge is 0.255 e. The van der Waals surface area contributed by atoms with Crippen molar-refractivity contribution in [2.24, 2.45) is 0 Å². The zero-order valence-corrected chi connectivity index (χ0v) is 14.0. The molecule has 0 saturated carbocycles. The fourth-order valence-corrected chi connectivity index (χ4v) is 2.33. The molecule has 0 aliphatic carbocycles. The summed E-state index contributed by atoms with van der Waals surface area (Å²) in [4.78, 5) is 12.3. The van der Waals surface area contributed by atoms with Crippen molar-refractivity contribution in [3.8, 4) is 11.5 Å². The highest BCUT2D eigenvalue weighted by molar-refractivity contribution is 6.42. The quantitative estimate of drug-likeness (QED) is 0.842. The number of anilines is 1. The van der Waals surface area contributed by atoms with E-state index in [-0.39, 0.29) is 5.91 Å². The van der Waals surface area contributed by atoms with Crippen LogP contribution in [0.5, 0.6) is 11.5 Å². The van der Waals surface area contributed by atoms with Crippen LogP contribution in [0, 0.1) is 0 Å². The van der Waals surface area contributed by atoms with E-state index >= 15 is 0 Å². The first-order chi connectivity index (χ1) is 10.5. The molecule has 2 aromatic rings. The van der Waals surface area contributed by atoms with Gasteiger partial charge < -0.3 is 14.8 Å². The third kappa shape index (κ3) is 3.58. The monoisotopic (exact) mass is 359 g/mol. The Morgan fingerprint density at radius 2 is 1.59 bits per heavy atom. The van der Waals surface area contributed by atoms with E-state index in [9.17, 15) is 4.79 Å². The van der Waals surface area contributed by atoms with Crippen molar-refractivity contribution in [1.29, 1.82) is 0 Å². The number of hydrogen-bond donors (Lipinski definition) is 1. The fraction of sp³-hybridized carbons (Fsp3) is 0.133. The summed E-state index contributed by atoms with van der Waals surface area (Å²) in [5, 5.41) is 3.74. The van der Waals surface area contributed by atoms with Crippen LogP contribution in [0.2, 0.25) is 15.1 Å².